The Kier molecular flexibility index (Phi) is 5.08. The summed E-state index contributed by atoms with van der Waals surface area (Å²) in [6.45, 7) is 0. The number of ether oxygens (including phenoxy) is 2. The Labute approximate surface area is 143 Å². The third-order valence-electron chi connectivity index (χ3n) is 2.56. The lowest BCUT2D eigenvalue weighted by molar-refractivity contribution is 0.0695. The summed E-state index contributed by atoms with van der Waals surface area (Å²) < 4.78 is 12.3. The van der Waals surface area contributed by atoms with Gasteiger partial charge in [-0.2, -0.15) is 0 Å². The molecule has 20 heavy (non-hydrogen) atoms. The van der Waals surface area contributed by atoms with Gasteiger partial charge in [-0.1, -0.05) is 0 Å². The zero-order valence-corrected chi connectivity index (χ0v) is 14.7. The lowest BCUT2D eigenvalue weighted by atomic mass is 10.2. The number of rotatable bonds is 4. The molecule has 0 bridgehead atoms. The maximum Gasteiger partial charge on any atom is 0.336 e. The quantitative estimate of drug-likeness (QED) is 0.639. The highest BCUT2D eigenvalue weighted by atomic mass is 127. The molecule has 0 spiro atoms. The lowest BCUT2D eigenvalue weighted by Crippen LogP contribution is -2.02. The van der Waals surface area contributed by atoms with Crippen molar-refractivity contribution < 1.29 is 19.4 Å². The van der Waals surface area contributed by atoms with Crippen LogP contribution < -0.4 is 9.47 Å². The van der Waals surface area contributed by atoms with E-state index in [1.165, 1.54) is 0 Å². The van der Waals surface area contributed by atoms with Crippen molar-refractivity contribution in [1.82, 2.24) is 0 Å². The minimum Gasteiger partial charge on any atom is -0.497 e. The molecule has 0 aliphatic carbocycles. The van der Waals surface area contributed by atoms with Gasteiger partial charge in [0.15, 0.2) is 0 Å². The van der Waals surface area contributed by atoms with Crippen LogP contribution in [0.5, 0.6) is 17.2 Å². The second-order valence-corrected chi connectivity index (χ2v) is 5.98. The van der Waals surface area contributed by atoms with E-state index < -0.39 is 5.97 Å². The fraction of sp³-hybridized carbons (Fsp3) is 0.0714. The van der Waals surface area contributed by atoms with Crippen molar-refractivity contribution in [2.24, 2.45) is 0 Å². The number of carboxylic acids is 1. The molecule has 104 valence electrons. The van der Waals surface area contributed by atoms with E-state index in [0.29, 0.717) is 15.1 Å². The molecule has 0 saturated heterocycles. The minimum atomic E-state index is -0.941. The first kappa shape index (κ1) is 15.4. The highest BCUT2D eigenvalue weighted by molar-refractivity contribution is 14.1. The largest absolute Gasteiger partial charge is 0.497 e. The number of hydrogen-bond acceptors (Lipinski definition) is 3. The van der Waals surface area contributed by atoms with E-state index in [1.807, 2.05) is 22.6 Å². The maximum absolute atomic E-state index is 11.1. The summed E-state index contributed by atoms with van der Waals surface area (Å²) in [4.78, 5) is 11.1. The summed E-state index contributed by atoms with van der Waals surface area (Å²) >= 11 is 4.10. The highest BCUT2D eigenvalue weighted by Crippen LogP contribution is 2.32. The van der Waals surface area contributed by atoms with Gasteiger partial charge < -0.3 is 14.6 Å². The van der Waals surface area contributed by atoms with Crippen LogP contribution in [0.25, 0.3) is 0 Å². The molecular weight excluding hydrogens is 486 g/mol. The van der Waals surface area contributed by atoms with Crippen molar-refractivity contribution in [3.8, 4) is 17.2 Å². The summed E-state index contributed by atoms with van der Waals surface area (Å²) in [7, 11) is 1.60. The summed E-state index contributed by atoms with van der Waals surface area (Å²) in [5, 5.41) is 9.07. The van der Waals surface area contributed by atoms with Crippen molar-refractivity contribution in [2.75, 3.05) is 7.11 Å². The predicted octanol–water partition coefficient (Wildman–Crippen LogP) is 4.39. The van der Waals surface area contributed by atoms with E-state index in [0.717, 1.165) is 9.32 Å². The van der Waals surface area contributed by atoms with Gasteiger partial charge in [0.25, 0.3) is 0 Å². The predicted molar refractivity (Wildman–Crippen MR) is 91.9 cm³/mol. The molecule has 0 atom stereocenters. The number of aromatic carboxylic acids is 1. The number of methoxy groups -OCH3 is 1. The summed E-state index contributed by atoms with van der Waals surface area (Å²) in [6.07, 6.45) is 0. The van der Waals surface area contributed by atoms with Gasteiger partial charge in [-0.25, -0.2) is 4.79 Å². The first-order chi connectivity index (χ1) is 9.52. The van der Waals surface area contributed by atoms with Crippen LogP contribution >= 0.6 is 45.2 Å². The number of carbonyl (C=O) groups is 1. The van der Waals surface area contributed by atoms with E-state index >= 15 is 0 Å². The third kappa shape index (κ3) is 3.35. The Morgan fingerprint density at radius 1 is 1.00 bits per heavy atom. The maximum atomic E-state index is 11.1. The molecule has 0 unspecified atom stereocenters. The van der Waals surface area contributed by atoms with Gasteiger partial charge in [-0.3, -0.25) is 0 Å². The SMILES string of the molecule is COc1ccc(Oc2ccc(C(=O)O)c(I)c2I)cc1. The normalized spacial score (nSPS) is 10.2. The van der Waals surface area contributed by atoms with Crippen LogP contribution in [0.1, 0.15) is 10.4 Å². The van der Waals surface area contributed by atoms with E-state index in [1.54, 1.807) is 43.5 Å². The molecule has 0 aliphatic heterocycles. The number of carboxylic acid groups (broad SMARTS) is 1. The van der Waals surface area contributed by atoms with Crippen molar-refractivity contribution in [2.45, 2.75) is 0 Å². The molecular formula is C14H10I2O4. The first-order valence-electron chi connectivity index (χ1n) is 5.56. The van der Waals surface area contributed by atoms with Crippen LogP contribution in [-0.2, 0) is 0 Å². The molecule has 1 N–H and O–H groups in total. The molecule has 0 fully saturated rings. The van der Waals surface area contributed by atoms with Crippen LogP contribution in [-0.4, -0.2) is 18.2 Å². The fourth-order valence-corrected chi connectivity index (χ4v) is 2.80. The van der Waals surface area contributed by atoms with Gasteiger partial charge >= 0.3 is 5.97 Å². The summed E-state index contributed by atoms with van der Waals surface area (Å²) in [5.74, 6) is 1.11. The van der Waals surface area contributed by atoms with Gasteiger partial charge in [0.1, 0.15) is 17.2 Å². The number of halogens is 2. The van der Waals surface area contributed by atoms with Crippen molar-refractivity contribution in [3.63, 3.8) is 0 Å². The Morgan fingerprint density at radius 3 is 2.15 bits per heavy atom. The lowest BCUT2D eigenvalue weighted by Gasteiger charge is -2.11. The molecule has 0 aromatic heterocycles. The van der Waals surface area contributed by atoms with Crippen LogP contribution in [0.15, 0.2) is 36.4 Å². The average Bonchev–Trinajstić information content (AvgIpc) is 2.44. The summed E-state index contributed by atoms with van der Waals surface area (Å²) in [5.41, 5.74) is 0.275. The topological polar surface area (TPSA) is 55.8 Å². The van der Waals surface area contributed by atoms with Gasteiger partial charge in [-0.05, 0) is 81.6 Å². The molecule has 0 heterocycles. The van der Waals surface area contributed by atoms with Crippen molar-refractivity contribution >= 4 is 51.2 Å². The van der Waals surface area contributed by atoms with Crippen molar-refractivity contribution in [1.29, 1.82) is 0 Å². The number of benzene rings is 2. The van der Waals surface area contributed by atoms with Gasteiger partial charge in [-0.15, -0.1) is 0 Å². The van der Waals surface area contributed by atoms with Crippen LogP contribution in [0.3, 0.4) is 0 Å². The smallest absolute Gasteiger partial charge is 0.336 e. The molecule has 6 heteroatoms. The zero-order chi connectivity index (χ0) is 14.7. The summed E-state index contributed by atoms with van der Waals surface area (Å²) in [6, 6.07) is 10.4. The average molecular weight is 496 g/mol. The molecule has 0 saturated carbocycles. The molecule has 2 aromatic rings. The van der Waals surface area contributed by atoms with Crippen LogP contribution in [0, 0.1) is 7.14 Å². The Bertz CT molecular complexity index is 638. The minimum absolute atomic E-state index is 0.275. The molecule has 0 aliphatic rings. The monoisotopic (exact) mass is 496 g/mol. The van der Waals surface area contributed by atoms with Gasteiger partial charge in [0.05, 0.1) is 16.2 Å². The van der Waals surface area contributed by atoms with E-state index in [-0.39, 0.29) is 5.56 Å². The standard InChI is InChI=1S/C14H10I2O4/c1-19-8-2-4-9(5-3-8)20-11-7-6-10(14(17)18)12(15)13(11)16/h2-7H,1H3,(H,17,18). The Morgan fingerprint density at radius 2 is 1.60 bits per heavy atom. The highest BCUT2D eigenvalue weighted by Gasteiger charge is 2.15. The van der Waals surface area contributed by atoms with Crippen molar-refractivity contribution in [3.05, 3.63) is 49.1 Å². The third-order valence-corrected chi connectivity index (χ3v) is 5.79. The second-order valence-electron chi connectivity index (χ2n) is 3.82. The second kappa shape index (κ2) is 6.61. The van der Waals surface area contributed by atoms with E-state index in [2.05, 4.69) is 22.6 Å². The van der Waals surface area contributed by atoms with E-state index in [4.69, 9.17) is 14.6 Å². The Hall–Kier alpha value is -1.03. The molecule has 4 nitrogen and oxygen atoms in total. The van der Waals surface area contributed by atoms with Gasteiger partial charge in [0, 0.05) is 3.57 Å². The first-order valence-corrected chi connectivity index (χ1v) is 7.72. The van der Waals surface area contributed by atoms with Crippen LogP contribution in [0.4, 0.5) is 0 Å². The molecule has 2 rings (SSSR count). The Balaban J connectivity index is 2.29. The molecule has 0 amide bonds. The zero-order valence-electron chi connectivity index (χ0n) is 10.4. The van der Waals surface area contributed by atoms with E-state index in [9.17, 15) is 4.79 Å². The molecule has 0 radical (unpaired) electrons. The number of hydrogen-bond donors (Lipinski definition) is 1. The molecule has 2 aromatic carbocycles. The van der Waals surface area contributed by atoms with Crippen LogP contribution in [0.2, 0.25) is 0 Å². The van der Waals surface area contributed by atoms with Gasteiger partial charge in [0.2, 0.25) is 0 Å². The fourth-order valence-electron chi connectivity index (χ4n) is 1.55.